The standard InChI is InChI=1S/2C23H23N3.CH4.4ClH.2Fe/c2*1-16-10-5-7-12-20(16)24-18(3)22-14-9-15-23(26-22)19(4)25-21-13-8-6-11-17(21)2;;;;;;;/h2*5-15H,1-4H3;1H4;4*1H;;/q;;;;;;;2*+2/p-4. The number of aliphatic imine (C=N–C) groups is 4. The molecule has 312 valence electrons. The molecule has 6 rings (SSSR count). The quantitative estimate of drug-likeness (QED) is 0.113. The van der Waals surface area contributed by atoms with Crippen LogP contribution >= 0.6 is 40.4 Å². The van der Waals surface area contributed by atoms with E-state index in [2.05, 4.69) is 52.0 Å². The van der Waals surface area contributed by atoms with Crippen molar-refractivity contribution >= 4 is 86.0 Å². The molecule has 0 aliphatic rings. The Kier molecular flexibility index (Phi) is 24.1. The molecule has 0 N–H and O–H groups in total. The maximum absolute atomic E-state index is 4.76. The summed E-state index contributed by atoms with van der Waals surface area (Å²) in [6.45, 7) is 16.2. The summed E-state index contributed by atoms with van der Waals surface area (Å²) >= 11 is 0.389. The van der Waals surface area contributed by atoms with Gasteiger partial charge in [0.25, 0.3) is 0 Å². The van der Waals surface area contributed by atoms with Crippen LogP contribution < -0.4 is 0 Å². The molecule has 0 radical (unpaired) electrons. The average Bonchev–Trinajstić information content (AvgIpc) is 3.22. The second kappa shape index (κ2) is 27.7. The van der Waals surface area contributed by atoms with Gasteiger partial charge in [-0.1, -0.05) is 92.4 Å². The number of aromatic nitrogens is 2. The predicted molar refractivity (Wildman–Crippen MR) is 251 cm³/mol. The van der Waals surface area contributed by atoms with Gasteiger partial charge in [0, 0.05) is 0 Å². The van der Waals surface area contributed by atoms with Gasteiger partial charge in [0.2, 0.25) is 0 Å². The van der Waals surface area contributed by atoms with Crippen LogP contribution in [0.15, 0.2) is 153 Å². The Balaban J connectivity index is 0.000000354. The van der Waals surface area contributed by atoms with Gasteiger partial charge in [0.05, 0.1) is 68.4 Å². The van der Waals surface area contributed by atoms with E-state index in [4.69, 9.17) is 70.3 Å². The van der Waals surface area contributed by atoms with E-state index in [0.717, 1.165) is 90.6 Å². The monoisotopic (exact) mass is 950 g/mol. The third-order valence-electron chi connectivity index (χ3n) is 8.60. The zero-order valence-electron chi connectivity index (χ0n) is 33.6. The fraction of sp³-hybridized carbons (Fsp3) is 0.191. The Labute approximate surface area is 380 Å². The topological polar surface area (TPSA) is 75.2 Å². The summed E-state index contributed by atoms with van der Waals surface area (Å²) in [6.07, 6.45) is 0. The molecule has 12 heteroatoms. The molecule has 2 heterocycles. The van der Waals surface area contributed by atoms with Gasteiger partial charge in [0.1, 0.15) is 0 Å². The van der Waals surface area contributed by atoms with Crippen molar-refractivity contribution in [2.75, 3.05) is 0 Å². The van der Waals surface area contributed by atoms with Crippen LogP contribution in [0.2, 0.25) is 0 Å². The third-order valence-corrected chi connectivity index (χ3v) is 8.60. The predicted octanol–water partition coefficient (Wildman–Crippen LogP) is 15.3. The van der Waals surface area contributed by atoms with Gasteiger partial charge in [-0.15, -0.1) is 0 Å². The number of nitrogens with zero attached hydrogens (tertiary/aromatic N) is 6. The van der Waals surface area contributed by atoms with Crippen molar-refractivity contribution in [1.29, 1.82) is 0 Å². The first-order chi connectivity index (χ1) is 27.9. The molecule has 0 bridgehead atoms. The van der Waals surface area contributed by atoms with E-state index in [-0.39, 0.29) is 33.7 Å². The minimum absolute atomic E-state index is 0. The minimum atomic E-state index is 0. The second-order valence-corrected chi connectivity index (χ2v) is 16.5. The first kappa shape index (κ1) is 51.2. The van der Waals surface area contributed by atoms with Crippen molar-refractivity contribution in [3.8, 4) is 0 Å². The fourth-order valence-corrected chi connectivity index (χ4v) is 5.38. The Bertz CT molecular complexity index is 2040. The van der Waals surface area contributed by atoms with Gasteiger partial charge in [0.15, 0.2) is 0 Å². The number of rotatable bonds is 8. The van der Waals surface area contributed by atoms with E-state index in [0.29, 0.717) is 0 Å². The van der Waals surface area contributed by atoms with E-state index >= 15 is 0 Å². The summed E-state index contributed by atoms with van der Waals surface area (Å²) in [4.78, 5) is 28.5. The molecule has 0 amide bonds. The molecule has 6 nitrogen and oxygen atoms in total. The Hall–Kier alpha value is -3.94. The molecular weight excluding hydrogens is 902 g/mol. The number of pyridine rings is 2. The molecular formula is C47H50Cl4Fe2N6. The third kappa shape index (κ3) is 17.3. The molecule has 0 saturated heterocycles. The number of hydrogen-bond acceptors (Lipinski definition) is 6. The Morgan fingerprint density at radius 1 is 0.356 bits per heavy atom. The number of benzene rings is 4. The van der Waals surface area contributed by atoms with Gasteiger partial charge in [-0.2, -0.15) is 0 Å². The first-order valence-electron chi connectivity index (χ1n) is 18.0. The van der Waals surface area contributed by atoms with Crippen molar-refractivity contribution < 1.29 is 26.3 Å². The molecule has 0 atom stereocenters. The maximum atomic E-state index is 4.76. The molecule has 0 spiro atoms. The second-order valence-electron chi connectivity index (χ2n) is 12.9. The fourth-order valence-electron chi connectivity index (χ4n) is 5.38. The molecule has 6 aromatic rings. The SMILES string of the molecule is C.CC(=Nc1ccccc1C)c1cccc(C(C)=Nc2ccccc2C)n1.CC(=Nc1ccccc1C)c1cccc(C(C)=Nc2ccccc2C)n1.[Cl][Fe][Cl].[Cl][Fe][Cl]. The van der Waals surface area contributed by atoms with Crippen LogP contribution in [0.4, 0.5) is 22.7 Å². The first-order valence-corrected chi connectivity index (χ1v) is 24.1. The van der Waals surface area contributed by atoms with E-state index in [1.807, 2.05) is 137 Å². The van der Waals surface area contributed by atoms with Crippen LogP contribution in [-0.4, -0.2) is 32.8 Å². The van der Waals surface area contributed by atoms with E-state index in [9.17, 15) is 0 Å². The molecule has 0 aliphatic heterocycles. The number of halogens is 4. The molecule has 0 saturated carbocycles. The number of hydrogen-bond donors (Lipinski definition) is 0. The van der Waals surface area contributed by atoms with Crippen molar-refractivity contribution in [3.63, 3.8) is 0 Å². The summed E-state index contributed by atoms with van der Waals surface area (Å²) in [5.41, 5.74) is 15.5. The molecule has 0 unspecified atom stereocenters. The summed E-state index contributed by atoms with van der Waals surface area (Å²) < 4.78 is 0. The summed E-state index contributed by atoms with van der Waals surface area (Å²) in [5.74, 6) is 0. The van der Waals surface area contributed by atoms with Gasteiger partial charge in [-0.25, -0.2) is 9.97 Å². The van der Waals surface area contributed by atoms with Crippen molar-refractivity contribution in [2.45, 2.75) is 62.8 Å². The molecule has 0 fully saturated rings. The van der Waals surface area contributed by atoms with Crippen molar-refractivity contribution in [3.05, 3.63) is 178 Å². The molecule has 2 aromatic heterocycles. The van der Waals surface area contributed by atoms with Gasteiger partial charge >= 0.3 is 66.7 Å². The van der Waals surface area contributed by atoms with Crippen LogP contribution in [0.1, 0.15) is 80.2 Å². The zero-order valence-corrected chi connectivity index (χ0v) is 38.8. The summed E-state index contributed by atoms with van der Waals surface area (Å²) in [6, 6.07) is 44.4. The van der Waals surface area contributed by atoms with Gasteiger partial charge < -0.3 is 0 Å². The Morgan fingerprint density at radius 3 is 0.729 bits per heavy atom. The van der Waals surface area contributed by atoms with Crippen molar-refractivity contribution in [2.24, 2.45) is 20.0 Å². The summed E-state index contributed by atoms with van der Waals surface area (Å²) in [7, 11) is 19.1. The van der Waals surface area contributed by atoms with Gasteiger partial charge in [-0.3, -0.25) is 20.0 Å². The summed E-state index contributed by atoms with van der Waals surface area (Å²) in [5, 5.41) is 0. The molecule has 59 heavy (non-hydrogen) atoms. The van der Waals surface area contributed by atoms with Crippen LogP contribution in [0, 0.1) is 27.7 Å². The van der Waals surface area contributed by atoms with E-state index in [1.165, 1.54) is 0 Å². The number of aryl methyl sites for hydroxylation is 4. The molecule has 0 aliphatic carbocycles. The van der Waals surface area contributed by atoms with E-state index in [1.54, 1.807) is 0 Å². The molecule has 4 aromatic carbocycles. The van der Waals surface area contributed by atoms with Crippen LogP contribution in [-0.2, 0) is 26.3 Å². The van der Waals surface area contributed by atoms with E-state index < -0.39 is 0 Å². The normalized spacial score (nSPS) is 11.6. The number of para-hydroxylation sites is 4. The average molecular weight is 952 g/mol. The van der Waals surface area contributed by atoms with Gasteiger partial charge in [-0.05, 0) is 126 Å². The van der Waals surface area contributed by atoms with Crippen molar-refractivity contribution in [1.82, 2.24) is 9.97 Å². The van der Waals surface area contributed by atoms with Crippen LogP contribution in [0.3, 0.4) is 0 Å². The zero-order chi connectivity index (χ0) is 42.5. The van der Waals surface area contributed by atoms with Crippen LogP contribution in [0.5, 0.6) is 0 Å². The Morgan fingerprint density at radius 2 is 0.542 bits per heavy atom. The van der Waals surface area contributed by atoms with Crippen LogP contribution in [0.25, 0.3) is 0 Å².